The van der Waals surface area contributed by atoms with Gasteiger partial charge in [0.2, 0.25) is 0 Å². The number of phenolic OH excluding ortho intramolecular Hbond substituents is 1. The molecule has 0 unspecified atom stereocenters. The van der Waals surface area contributed by atoms with Gasteiger partial charge in [0.1, 0.15) is 5.75 Å². The van der Waals surface area contributed by atoms with Gasteiger partial charge in [0.05, 0.1) is 0 Å². The summed E-state index contributed by atoms with van der Waals surface area (Å²) in [5, 5.41) is 9.87. The van der Waals surface area contributed by atoms with E-state index in [1.165, 1.54) is 0 Å². The Morgan fingerprint density at radius 1 is 0.882 bits per heavy atom. The van der Waals surface area contributed by atoms with Crippen LogP contribution >= 0.6 is 0 Å². The van der Waals surface area contributed by atoms with Crippen molar-refractivity contribution < 1.29 is 5.11 Å². The molecule has 2 aromatic rings. The lowest BCUT2D eigenvalue weighted by Gasteiger charge is -2.06. The normalized spacial score (nSPS) is 13.4. The van der Waals surface area contributed by atoms with Crippen LogP contribution in [0.2, 0.25) is 0 Å². The van der Waals surface area contributed by atoms with Gasteiger partial charge in [-0.15, -0.1) is 0 Å². The third-order valence-electron chi connectivity index (χ3n) is 3.06. The van der Waals surface area contributed by atoms with Crippen molar-refractivity contribution in [2.24, 2.45) is 0 Å². The number of phenols is 1. The van der Waals surface area contributed by atoms with Crippen LogP contribution in [0, 0.1) is 0 Å². The predicted octanol–water partition coefficient (Wildman–Crippen LogP) is 3.85. The number of hydrogen-bond acceptors (Lipinski definition) is 1. The molecule has 2 aromatic carbocycles. The topological polar surface area (TPSA) is 20.2 Å². The molecule has 1 aliphatic rings. The van der Waals surface area contributed by atoms with Crippen LogP contribution in [0.1, 0.15) is 16.7 Å². The van der Waals surface area contributed by atoms with E-state index in [-0.39, 0.29) is 0 Å². The van der Waals surface area contributed by atoms with Crippen molar-refractivity contribution >= 4 is 11.1 Å². The van der Waals surface area contributed by atoms with Crippen molar-refractivity contribution in [2.45, 2.75) is 0 Å². The molecule has 1 N–H and O–H groups in total. The van der Waals surface area contributed by atoms with Crippen molar-refractivity contribution in [3.63, 3.8) is 0 Å². The van der Waals surface area contributed by atoms with Crippen molar-refractivity contribution in [3.8, 4) is 5.75 Å². The molecule has 1 heteroatoms. The van der Waals surface area contributed by atoms with Gasteiger partial charge in [-0.25, -0.2) is 0 Å². The van der Waals surface area contributed by atoms with Gasteiger partial charge in [-0.05, 0) is 34.4 Å². The van der Waals surface area contributed by atoms with E-state index in [1.807, 2.05) is 36.4 Å². The lowest BCUT2D eigenvalue weighted by molar-refractivity contribution is 0.474. The van der Waals surface area contributed by atoms with Gasteiger partial charge in [-0.2, -0.15) is 0 Å². The molecule has 3 rings (SSSR count). The third-order valence-corrected chi connectivity index (χ3v) is 3.06. The van der Waals surface area contributed by atoms with E-state index in [0.717, 1.165) is 27.8 Å². The highest BCUT2D eigenvalue weighted by molar-refractivity contribution is 6.01. The Hall–Kier alpha value is -2.28. The summed E-state index contributed by atoms with van der Waals surface area (Å²) in [5.41, 5.74) is 5.06. The van der Waals surface area contributed by atoms with Gasteiger partial charge < -0.3 is 5.11 Å². The fraction of sp³-hybridized carbons (Fsp3) is 0. The molecule has 0 bridgehead atoms. The maximum atomic E-state index is 9.87. The van der Waals surface area contributed by atoms with Crippen LogP contribution < -0.4 is 0 Å². The summed E-state index contributed by atoms with van der Waals surface area (Å²) in [6.45, 7) is 4.00. The second kappa shape index (κ2) is 3.63. The maximum absolute atomic E-state index is 9.87. The van der Waals surface area contributed by atoms with E-state index in [9.17, 15) is 5.11 Å². The van der Waals surface area contributed by atoms with Gasteiger partial charge in [0.15, 0.2) is 0 Å². The van der Waals surface area contributed by atoms with Crippen molar-refractivity contribution in [2.75, 3.05) is 0 Å². The molecule has 0 aromatic heterocycles. The Kier molecular flexibility index (Phi) is 2.12. The molecule has 1 nitrogen and oxygen atoms in total. The molecular formula is C16H12O. The van der Waals surface area contributed by atoms with Gasteiger partial charge in [-0.3, -0.25) is 0 Å². The quantitative estimate of drug-likeness (QED) is 0.774. The number of rotatable bonds is 1. The fourth-order valence-electron chi connectivity index (χ4n) is 2.28. The molecule has 1 aliphatic carbocycles. The standard InChI is InChI=1S/C16H12O/c1-11-10-14(12-6-3-2-4-7-12)13-8-5-9-15(17)16(11)13/h2-10,17H,1H2. The Bertz CT molecular complexity index is 621. The smallest absolute Gasteiger partial charge is 0.124 e. The zero-order valence-corrected chi connectivity index (χ0v) is 9.35. The molecular weight excluding hydrogens is 208 g/mol. The monoisotopic (exact) mass is 220 g/mol. The second-order valence-corrected chi connectivity index (χ2v) is 4.15. The fourth-order valence-corrected chi connectivity index (χ4v) is 2.28. The first kappa shape index (κ1) is 9.91. The molecule has 0 radical (unpaired) electrons. The summed E-state index contributed by atoms with van der Waals surface area (Å²) in [5.74, 6) is 0.301. The highest BCUT2D eigenvalue weighted by Crippen LogP contribution is 2.42. The van der Waals surface area contributed by atoms with Crippen molar-refractivity contribution in [3.05, 3.63) is 77.9 Å². The minimum atomic E-state index is 0.301. The minimum absolute atomic E-state index is 0.301. The van der Waals surface area contributed by atoms with Gasteiger partial charge >= 0.3 is 0 Å². The molecule has 0 spiro atoms. The molecule has 0 aliphatic heterocycles. The molecule has 0 fully saturated rings. The molecule has 0 saturated heterocycles. The number of benzene rings is 2. The Morgan fingerprint density at radius 3 is 2.41 bits per heavy atom. The highest BCUT2D eigenvalue weighted by atomic mass is 16.3. The average molecular weight is 220 g/mol. The second-order valence-electron chi connectivity index (χ2n) is 4.15. The van der Waals surface area contributed by atoms with Crippen LogP contribution in [-0.4, -0.2) is 5.11 Å². The maximum Gasteiger partial charge on any atom is 0.124 e. The van der Waals surface area contributed by atoms with Gasteiger partial charge in [0, 0.05) is 5.56 Å². The summed E-state index contributed by atoms with van der Waals surface area (Å²) in [6, 6.07) is 15.7. The van der Waals surface area contributed by atoms with Crippen LogP contribution in [0.4, 0.5) is 0 Å². The van der Waals surface area contributed by atoms with E-state index in [1.54, 1.807) is 6.07 Å². The lowest BCUT2D eigenvalue weighted by atomic mass is 9.99. The molecule has 0 heterocycles. The number of hydrogen-bond donors (Lipinski definition) is 1. The zero-order valence-electron chi connectivity index (χ0n) is 9.35. The largest absolute Gasteiger partial charge is 0.507 e. The zero-order chi connectivity index (χ0) is 11.8. The number of allylic oxidation sites excluding steroid dienone is 2. The van der Waals surface area contributed by atoms with Gasteiger partial charge in [-0.1, -0.05) is 49.0 Å². The molecule has 0 saturated carbocycles. The van der Waals surface area contributed by atoms with E-state index >= 15 is 0 Å². The molecule has 0 amide bonds. The van der Waals surface area contributed by atoms with Gasteiger partial charge in [0.25, 0.3) is 0 Å². The van der Waals surface area contributed by atoms with Crippen LogP contribution in [0.25, 0.3) is 11.1 Å². The van der Waals surface area contributed by atoms with E-state index in [4.69, 9.17) is 0 Å². The van der Waals surface area contributed by atoms with E-state index in [0.29, 0.717) is 5.75 Å². The number of aromatic hydroxyl groups is 1. The van der Waals surface area contributed by atoms with Crippen LogP contribution in [0.5, 0.6) is 5.75 Å². The lowest BCUT2D eigenvalue weighted by Crippen LogP contribution is -1.86. The number of fused-ring (bicyclic) bond motifs is 1. The first-order valence-corrected chi connectivity index (χ1v) is 5.56. The summed E-state index contributed by atoms with van der Waals surface area (Å²) >= 11 is 0. The van der Waals surface area contributed by atoms with Crippen LogP contribution in [-0.2, 0) is 0 Å². The average Bonchev–Trinajstić information content (AvgIpc) is 2.69. The molecule has 82 valence electrons. The highest BCUT2D eigenvalue weighted by Gasteiger charge is 2.20. The molecule has 0 atom stereocenters. The van der Waals surface area contributed by atoms with Crippen LogP contribution in [0.3, 0.4) is 0 Å². The third kappa shape index (κ3) is 1.48. The Morgan fingerprint density at radius 2 is 1.65 bits per heavy atom. The minimum Gasteiger partial charge on any atom is -0.507 e. The SMILES string of the molecule is C=C1C=C(c2ccccc2)c2cccc(O)c21. The van der Waals surface area contributed by atoms with E-state index in [2.05, 4.69) is 18.7 Å². The molecule has 17 heavy (non-hydrogen) atoms. The Labute approximate surface area is 100 Å². The summed E-state index contributed by atoms with van der Waals surface area (Å²) in [6.07, 6.45) is 2.03. The van der Waals surface area contributed by atoms with Crippen LogP contribution in [0.15, 0.2) is 61.2 Å². The first-order chi connectivity index (χ1) is 8.27. The van der Waals surface area contributed by atoms with Crippen molar-refractivity contribution in [1.29, 1.82) is 0 Å². The predicted molar refractivity (Wildman–Crippen MR) is 70.7 cm³/mol. The first-order valence-electron chi connectivity index (χ1n) is 5.56. The summed E-state index contributed by atoms with van der Waals surface area (Å²) in [4.78, 5) is 0. The van der Waals surface area contributed by atoms with E-state index < -0.39 is 0 Å². The summed E-state index contributed by atoms with van der Waals surface area (Å²) in [7, 11) is 0. The van der Waals surface area contributed by atoms with Crippen molar-refractivity contribution in [1.82, 2.24) is 0 Å². The Balaban J connectivity index is 2.22. The summed E-state index contributed by atoms with van der Waals surface area (Å²) < 4.78 is 0.